The van der Waals surface area contributed by atoms with Gasteiger partial charge in [-0.3, -0.25) is 14.6 Å². The fraction of sp³-hybridized carbons (Fsp3) is 0.227. The Morgan fingerprint density at radius 1 is 1.14 bits per heavy atom. The van der Waals surface area contributed by atoms with Gasteiger partial charge in [-0.15, -0.1) is 0 Å². The van der Waals surface area contributed by atoms with Gasteiger partial charge in [0.1, 0.15) is 11.9 Å². The number of pyridine rings is 1. The van der Waals surface area contributed by atoms with Crippen LogP contribution in [0.25, 0.3) is 22.5 Å². The van der Waals surface area contributed by atoms with Crippen molar-refractivity contribution in [1.29, 1.82) is 0 Å². The standard InChI is InChI=1S/C22H21FN4O2/c23-17-4-1-15(2-5-17)21-16(13-19(27-21)14-7-10-24-11-8-14)3-6-20(28)26-18-9-12-25-22(18)29/h1-2,4-5,7-8,10-11,13,18,27H,3,6,9,12H2,(H,25,29)(H,26,28). The molecule has 3 N–H and O–H groups in total. The number of rotatable bonds is 6. The molecule has 3 heterocycles. The minimum absolute atomic E-state index is 0.132. The van der Waals surface area contributed by atoms with Gasteiger partial charge in [0.15, 0.2) is 0 Å². The Morgan fingerprint density at radius 2 is 1.90 bits per heavy atom. The van der Waals surface area contributed by atoms with Crippen LogP contribution in [0, 0.1) is 5.82 Å². The van der Waals surface area contributed by atoms with Gasteiger partial charge in [0, 0.05) is 42.3 Å². The number of H-pyrrole nitrogens is 1. The molecule has 1 atom stereocenters. The van der Waals surface area contributed by atoms with E-state index in [1.807, 2.05) is 18.2 Å². The molecule has 1 unspecified atom stereocenters. The van der Waals surface area contributed by atoms with Crippen molar-refractivity contribution in [1.82, 2.24) is 20.6 Å². The van der Waals surface area contributed by atoms with Crippen LogP contribution in [0.2, 0.25) is 0 Å². The fourth-order valence-electron chi connectivity index (χ4n) is 3.50. The molecule has 0 spiro atoms. The third-order valence-electron chi connectivity index (χ3n) is 5.03. The maximum atomic E-state index is 13.3. The van der Waals surface area contributed by atoms with Gasteiger partial charge < -0.3 is 15.6 Å². The second kappa shape index (κ2) is 8.26. The summed E-state index contributed by atoms with van der Waals surface area (Å²) >= 11 is 0. The molecule has 1 aromatic carbocycles. The van der Waals surface area contributed by atoms with Crippen molar-refractivity contribution in [3.8, 4) is 22.5 Å². The molecule has 3 aromatic rings. The lowest BCUT2D eigenvalue weighted by Gasteiger charge is -2.10. The summed E-state index contributed by atoms with van der Waals surface area (Å²) in [5, 5.41) is 5.50. The van der Waals surface area contributed by atoms with Gasteiger partial charge in [0.05, 0.1) is 0 Å². The number of carbonyl (C=O) groups excluding carboxylic acids is 2. The Balaban J connectivity index is 1.55. The largest absolute Gasteiger partial charge is 0.354 e. The number of carbonyl (C=O) groups is 2. The van der Waals surface area contributed by atoms with Gasteiger partial charge >= 0.3 is 0 Å². The van der Waals surface area contributed by atoms with Crippen molar-refractivity contribution in [2.24, 2.45) is 0 Å². The molecule has 2 amide bonds. The lowest BCUT2D eigenvalue weighted by atomic mass is 10.0. The first kappa shape index (κ1) is 18.9. The fourth-order valence-corrected chi connectivity index (χ4v) is 3.50. The molecule has 1 fully saturated rings. The second-order valence-electron chi connectivity index (χ2n) is 7.03. The number of aromatic amines is 1. The van der Waals surface area contributed by atoms with Crippen LogP contribution in [0.15, 0.2) is 54.9 Å². The van der Waals surface area contributed by atoms with Crippen molar-refractivity contribution >= 4 is 11.8 Å². The quantitative estimate of drug-likeness (QED) is 0.603. The van der Waals surface area contributed by atoms with E-state index in [1.165, 1.54) is 12.1 Å². The number of halogens is 1. The zero-order valence-corrected chi connectivity index (χ0v) is 15.7. The Labute approximate surface area is 167 Å². The van der Waals surface area contributed by atoms with E-state index in [2.05, 4.69) is 20.6 Å². The first-order chi connectivity index (χ1) is 14.1. The van der Waals surface area contributed by atoms with E-state index < -0.39 is 6.04 Å². The molecule has 6 nitrogen and oxygen atoms in total. The van der Waals surface area contributed by atoms with Crippen molar-refractivity contribution in [3.63, 3.8) is 0 Å². The SMILES string of the molecule is O=C(CCc1cc(-c2ccncc2)[nH]c1-c1ccc(F)cc1)NC1CCNC1=O. The summed E-state index contributed by atoms with van der Waals surface area (Å²) in [5.74, 6) is -0.596. The molecular weight excluding hydrogens is 371 g/mol. The predicted octanol–water partition coefficient (Wildman–Crippen LogP) is 2.82. The maximum absolute atomic E-state index is 13.3. The van der Waals surface area contributed by atoms with E-state index >= 15 is 0 Å². The van der Waals surface area contributed by atoms with Crippen LogP contribution in [0.3, 0.4) is 0 Å². The van der Waals surface area contributed by atoms with E-state index in [1.54, 1.807) is 24.5 Å². The van der Waals surface area contributed by atoms with Crippen LogP contribution in [-0.2, 0) is 16.0 Å². The van der Waals surface area contributed by atoms with Crippen LogP contribution < -0.4 is 10.6 Å². The minimum atomic E-state index is -0.447. The third kappa shape index (κ3) is 4.34. The summed E-state index contributed by atoms with van der Waals surface area (Å²) in [4.78, 5) is 31.4. The predicted molar refractivity (Wildman–Crippen MR) is 107 cm³/mol. The molecule has 0 saturated carbocycles. The van der Waals surface area contributed by atoms with Crippen LogP contribution in [0.1, 0.15) is 18.4 Å². The number of amides is 2. The van der Waals surface area contributed by atoms with Crippen molar-refractivity contribution in [2.75, 3.05) is 6.54 Å². The molecule has 0 radical (unpaired) electrons. The van der Waals surface area contributed by atoms with E-state index in [9.17, 15) is 14.0 Å². The Bertz CT molecular complexity index is 1020. The molecule has 1 aliphatic heterocycles. The third-order valence-corrected chi connectivity index (χ3v) is 5.03. The summed E-state index contributed by atoms with van der Waals surface area (Å²) in [6.07, 6.45) is 4.79. The molecule has 148 valence electrons. The number of nitrogens with one attached hydrogen (secondary N) is 3. The van der Waals surface area contributed by atoms with Crippen molar-refractivity contribution < 1.29 is 14.0 Å². The highest BCUT2D eigenvalue weighted by atomic mass is 19.1. The average Bonchev–Trinajstić information content (AvgIpc) is 3.34. The van der Waals surface area contributed by atoms with Crippen LogP contribution in [0.5, 0.6) is 0 Å². The number of hydrogen-bond donors (Lipinski definition) is 3. The van der Waals surface area contributed by atoms with Crippen LogP contribution in [-0.4, -0.2) is 34.4 Å². The highest BCUT2D eigenvalue weighted by Crippen LogP contribution is 2.30. The zero-order chi connectivity index (χ0) is 20.2. The summed E-state index contributed by atoms with van der Waals surface area (Å²) in [5.41, 5.74) is 4.52. The summed E-state index contributed by atoms with van der Waals surface area (Å²) in [6, 6.07) is 11.6. The number of hydrogen-bond acceptors (Lipinski definition) is 3. The highest BCUT2D eigenvalue weighted by molar-refractivity contribution is 5.89. The molecule has 2 aromatic heterocycles. The van der Waals surface area contributed by atoms with E-state index in [-0.39, 0.29) is 24.1 Å². The first-order valence-electron chi connectivity index (χ1n) is 9.55. The number of benzene rings is 1. The van der Waals surface area contributed by atoms with Crippen molar-refractivity contribution in [2.45, 2.75) is 25.3 Å². The Kier molecular flexibility index (Phi) is 5.37. The molecule has 0 aliphatic carbocycles. The number of aryl methyl sites for hydroxylation is 1. The minimum Gasteiger partial charge on any atom is -0.354 e. The van der Waals surface area contributed by atoms with Gasteiger partial charge in [-0.05, 0) is 66.4 Å². The zero-order valence-electron chi connectivity index (χ0n) is 15.7. The highest BCUT2D eigenvalue weighted by Gasteiger charge is 2.25. The van der Waals surface area contributed by atoms with Gasteiger partial charge in [-0.2, -0.15) is 0 Å². The topological polar surface area (TPSA) is 86.9 Å². The second-order valence-corrected chi connectivity index (χ2v) is 7.03. The van der Waals surface area contributed by atoms with Gasteiger partial charge in [-0.25, -0.2) is 4.39 Å². The van der Waals surface area contributed by atoms with E-state index in [0.29, 0.717) is 19.4 Å². The van der Waals surface area contributed by atoms with E-state index in [4.69, 9.17) is 0 Å². The maximum Gasteiger partial charge on any atom is 0.242 e. The summed E-state index contributed by atoms with van der Waals surface area (Å²) < 4.78 is 13.3. The smallest absolute Gasteiger partial charge is 0.242 e. The number of nitrogens with zero attached hydrogens (tertiary/aromatic N) is 1. The van der Waals surface area contributed by atoms with Gasteiger partial charge in [-0.1, -0.05) is 0 Å². The summed E-state index contributed by atoms with van der Waals surface area (Å²) in [7, 11) is 0. The first-order valence-corrected chi connectivity index (χ1v) is 9.55. The monoisotopic (exact) mass is 392 g/mol. The van der Waals surface area contributed by atoms with Crippen molar-refractivity contribution in [3.05, 3.63) is 66.2 Å². The molecule has 1 saturated heterocycles. The normalized spacial score (nSPS) is 15.9. The number of aromatic nitrogens is 2. The van der Waals surface area contributed by atoms with Gasteiger partial charge in [0.25, 0.3) is 0 Å². The van der Waals surface area contributed by atoms with E-state index in [0.717, 1.165) is 28.1 Å². The molecule has 0 bridgehead atoms. The molecule has 1 aliphatic rings. The van der Waals surface area contributed by atoms with Crippen LogP contribution in [0.4, 0.5) is 4.39 Å². The molecule has 7 heteroatoms. The Morgan fingerprint density at radius 3 is 2.59 bits per heavy atom. The van der Waals surface area contributed by atoms with Gasteiger partial charge in [0.2, 0.25) is 11.8 Å². The Hall–Kier alpha value is -3.48. The average molecular weight is 392 g/mol. The molecular formula is C22H21FN4O2. The van der Waals surface area contributed by atoms with Crippen LogP contribution >= 0.6 is 0 Å². The molecule has 4 rings (SSSR count). The summed E-state index contributed by atoms with van der Waals surface area (Å²) in [6.45, 7) is 0.589. The lowest BCUT2D eigenvalue weighted by Crippen LogP contribution is -2.40. The lowest BCUT2D eigenvalue weighted by molar-refractivity contribution is -0.127. The molecule has 29 heavy (non-hydrogen) atoms.